The van der Waals surface area contributed by atoms with E-state index in [0.29, 0.717) is 17.5 Å². The smallest absolute Gasteiger partial charge is 0.164 e. The highest BCUT2D eigenvalue weighted by Crippen LogP contribution is 2.41. The van der Waals surface area contributed by atoms with Crippen LogP contribution in [0.4, 0.5) is 0 Å². The number of rotatable bonds is 5. The van der Waals surface area contributed by atoms with E-state index in [0.717, 1.165) is 55.3 Å². The second-order valence-corrected chi connectivity index (χ2v) is 12.4. The second-order valence-electron chi connectivity index (χ2n) is 12.4. The summed E-state index contributed by atoms with van der Waals surface area (Å²) in [5.74, 6) is 1.85. The van der Waals surface area contributed by atoms with Crippen molar-refractivity contribution in [2.45, 2.75) is 0 Å². The summed E-state index contributed by atoms with van der Waals surface area (Å²) in [6.07, 6.45) is 0. The van der Waals surface area contributed by atoms with Gasteiger partial charge in [0.1, 0.15) is 11.2 Å². The van der Waals surface area contributed by atoms with Crippen LogP contribution < -0.4 is 0 Å². The molecule has 0 fully saturated rings. The number of furan rings is 1. The molecule has 0 radical (unpaired) electrons. The summed E-state index contributed by atoms with van der Waals surface area (Å²) in [6, 6.07) is 58.6. The van der Waals surface area contributed by atoms with E-state index >= 15 is 0 Å². The van der Waals surface area contributed by atoms with Crippen LogP contribution in [0.2, 0.25) is 0 Å². The van der Waals surface area contributed by atoms with Gasteiger partial charge in [0, 0.05) is 43.9 Å². The van der Waals surface area contributed by atoms with Gasteiger partial charge in [-0.3, -0.25) is 0 Å². The van der Waals surface area contributed by atoms with Crippen LogP contribution in [0.1, 0.15) is 0 Å². The summed E-state index contributed by atoms with van der Waals surface area (Å²) < 4.78 is 8.85. The highest BCUT2D eigenvalue weighted by atomic mass is 16.3. The van der Waals surface area contributed by atoms with Crippen LogP contribution in [0.5, 0.6) is 0 Å². The van der Waals surface area contributed by atoms with Crippen LogP contribution in [-0.2, 0) is 0 Å². The first kappa shape index (κ1) is 28.2. The molecule has 0 amide bonds. The van der Waals surface area contributed by atoms with E-state index in [1.807, 2.05) is 72.8 Å². The standard InChI is InChI=1S/C45H28N4O/c1-4-14-29(15-5-1)33-21-12-24-38-41(33)34-20-10-11-23-37(34)49(38)32-26-27-39-36(28-32)42-35(22-13-25-40(42)50-39)45-47-43(30-16-6-2-7-17-30)46-44(48-45)31-18-8-3-9-19-31/h1-28H. The molecule has 234 valence electrons. The zero-order valence-corrected chi connectivity index (χ0v) is 26.9. The summed E-state index contributed by atoms with van der Waals surface area (Å²) in [5.41, 5.74) is 10.1. The van der Waals surface area contributed by atoms with Gasteiger partial charge in [0.25, 0.3) is 0 Å². The van der Waals surface area contributed by atoms with E-state index in [4.69, 9.17) is 19.4 Å². The van der Waals surface area contributed by atoms with Gasteiger partial charge in [-0.15, -0.1) is 0 Å². The molecule has 0 spiro atoms. The number of nitrogens with zero attached hydrogens (tertiary/aromatic N) is 4. The Bertz CT molecular complexity index is 2800. The minimum atomic E-state index is 0.598. The second kappa shape index (κ2) is 11.4. The van der Waals surface area contributed by atoms with E-state index in [2.05, 4.69) is 102 Å². The Balaban J connectivity index is 1.22. The van der Waals surface area contributed by atoms with E-state index < -0.39 is 0 Å². The van der Waals surface area contributed by atoms with Crippen molar-refractivity contribution in [2.75, 3.05) is 0 Å². The van der Waals surface area contributed by atoms with Crippen molar-refractivity contribution >= 4 is 43.7 Å². The van der Waals surface area contributed by atoms with Gasteiger partial charge in [-0.1, -0.05) is 133 Å². The van der Waals surface area contributed by atoms with E-state index in [-0.39, 0.29) is 0 Å². The predicted octanol–water partition coefficient (Wildman–Crippen LogP) is 11.5. The monoisotopic (exact) mass is 640 g/mol. The molecule has 10 aromatic rings. The fraction of sp³-hybridized carbons (Fsp3) is 0. The molecule has 0 aliphatic carbocycles. The maximum Gasteiger partial charge on any atom is 0.164 e. The molecule has 3 aromatic heterocycles. The molecule has 7 aromatic carbocycles. The van der Waals surface area contributed by atoms with Gasteiger partial charge in [0.05, 0.1) is 11.0 Å². The quantitative estimate of drug-likeness (QED) is 0.188. The Morgan fingerprint density at radius 2 is 0.960 bits per heavy atom. The van der Waals surface area contributed by atoms with Gasteiger partial charge in [0.2, 0.25) is 0 Å². The van der Waals surface area contributed by atoms with Gasteiger partial charge >= 0.3 is 0 Å². The lowest BCUT2D eigenvalue weighted by atomic mass is 9.99. The van der Waals surface area contributed by atoms with Crippen LogP contribution in [-0.4, -0.2) is 19.5 Å². The molecule has 0 bridgehead atoms. The average molecular weight is 641 g/mol. The van der Waals surface area contributed by atoms with Crippen LogP contribution in [0.25, 0.3) is 94.7 Å². The molecule has 0 saturated heterocycles. The zero-order chi connectivity index (χ0) is 33.0. The molecule has 3 heterocycles. The van der Waals surface area contributed by atoms with Gasteiger partial charge in [0.15, 0.2) is 17.5 Å². The normalized spacial score (nSPS) is 11.6. The van der Waals surface area contributed by atoms with E-state index in [1.165, 1.54) is 21.9 Å². The molecule has 0 N–H and O–H groups in total. The first-order valence-electron chi connectivity index (χ1n) is 16.7. The molecule has 0 unspecified atom stereocenters. The van der Waals surface area contributed by atoms with Gasteiger partial charge in [-0.05, 0) is 47.5 Å². The van der Waals surface area contributed by atoms with Crippen LogP contribution in [0, 0.1) is 0 Å². The molecule has 0 atom stereocenters. The largest absolute Gasteiger partial charge is 0.456 e. The van der Waals surface area contributed by atoms with Crippen molar-refractivity contribution in [2.24, 2.45) is 0 Å². The van der Waals surface area contributed by atoms with Crippen LogP contribution in [0.15, 0.2) is 174 Å². The molecule has 0 saturated carbocycles. The number of hydrogen-bond acceptors (Lipinski definition) is 4. The SMILES string of the molecule is c1ccc(-c2nc(-c3ccccc3)nc(-c3cccc4oc5ccc(-n6c7ccccc7c7c(-c8ccccc8)cccc76)cc5c34)n2)cc1. The van der Waals surface area contributed by atoms with Gasteiger partial charge in [-0.2, -0.15) is 0 Å². The number of benzene rings is 7. The molecule has 0 aliphatic heterocycles. The predicted molar refractivity (Wildman–Crippen MR) is 203 cm³/mol. The fourth-order valence-electron chi connectivity index (χ4n) is 7.23. The molecule has 10 rings (SSSR count). The van der Waals surface area contributed by atoms with Crippen molar-refractivity contribution in [3.8, 4) is 51.0 Å². The summed E-state index contributed by atoms with van der Waals surface area (Å²) >= 11 is 0. The van der Waals surface area contributed by atoms with Crippen molar-refractivity contribution < 1.29 is 4.42 Å². The number of aromatic nitrogens is 4. The highest BCUT2D eigenvalue weighted by Gasteiger charge is 2.20. The molecule has 0 aliphatic rings. The van der Waals surface area contributed by atoms with Crippen LogP contribution in [0.3, 0.4) is 0 Å². The number of fused-ring (bicyclic) bond motifs is 6. The first-order valence-corrected chi connectivity index (χ1v) is 16.7. The first-order chi connectivity index (χ1) is 24.8. The Labute approximate surface area is 287 Å². The lowest BCUT2D eigenvalue weighted by Gasteiger charge is -2.10. The molecular formula is C45H28N4O. The fourth-order valence-corrected chi connectivity index (χ4v) is 7.23. The third-order valence-electron chi connectivity index (χ3n) is 9.46. The van der Waals surface area contributed by atoms with Crippen molar-refractivity contribution in [1.82, 2.24) is 19.5 Å². The molecule has 5 heteroatoms. The van der Waals surface area contributed by atoms with E-state index in [1.54, 1.807) is 0 Å². The Morgan fingerprint density at radius 1 is 0.380 bits per heavy atom. The minimum absolute atomic E-state index is 0.598. The number of para-hydroxylation sites is 1. The lowest BCUT2D eigenvalue weighted by Crippen LogP contribution is -2.00. The third-order valence-corrected chi connectivity index (χ3v) is 9.46. The zero-order valence-electron chi connectivity index (χ0n) is 26.9. The number of hydrogen-bond donors (Lipinski definition) is 0. The maximum atomic E-state index is 6.49. The Kier molecular flexibility index (Phi) is 6.42. The van der Waals surface area contributed by atoms with Crippen molar-refractivity contribution in [3.63, 3.8) is 0 Å². The molecule has 50 heavy (non-hydrogen) atoms. The summed E-state index contributed by atoms with van der Waals surface area (Å²) in [7, 11) is 0. The average Bonchev–Trinajstić information content (AvgIpc) is 3.74. The summed E-state index contributed by atoms with van der Waals surface area (Å²) in [6.45, 7) is 0. The molecular weight excluding hydrogens is 613 g/mol. The third kappa shape index (κ3) is 4.52. The Hall–Kier alpha value is -6.85. The van der Waals surface area contributed by atoms with Gasteiger partial charge < -0.3 is 8.98 Å². The summed E-state index contributed by atoms with van der Waals surface area (Å²) in [4.78, 5) is 15.0. The summed E-state index contributed by atoms with van der Waals surface area (Å²) in [5, 5.41) is 4.42. The highest BCUT2D eigenvalue weighted by molar-refractivity contribution is 6.17. The van der Waals surface area contributed by atoms with Gasteiger partial charge in [-0.25, -0.2) is 15.0 Å². The van der Waals surface area contributed by atoms with Crippen molar-refractivity contribution in [3.05, 3.63) is 170 Å². The minimum Gasteiger partial charge on any atom is -0.456 e. The molecule has 5 nitrogen and oxygen atoms in total. The topological polar surface area (TPSA) is 56.7 Å². The van der Waals surface area contributed by atoms with E-state index in [9.17, 15) is 0 Å². The lowest BCUT2D eigenvalue weighted by molar-refractivity contribution is 0.669. The Morgan fingerprint density at radius 3 is 1.68 bits per heavy atom. The van der Waals surface area contributed by atoms with Crippen LogP contribution >= 0.6 is 0 Å². The van der Waals surface area contributed by atoms with Crippen molar-refractivity contribution in [1.29, 1.82) is 0 Å². The maximum absolute atomic E-state index is 6.49.